The molecular weight excluding hydrogens is 502 g/mol. The summed E-state index contributed by atoms with van der Waals surface area (Å²) in [4.78, 5) is 17.0. The minimum atomic E-state index is -3.81. The van der Waals surface area contributed by atoms with Crippen molar-refractivity contribution in [3.8, 4) is 0 Å². The summed E-state index contributed by atoms with van der Waals surface area (Å²) in [6, 6.07) is 7.88. The number of anilines is 2. The van der Waals surface area contributed by atoms with Crippen LogP contribution in [0.15, 0.2) is 53.6 Å². The third-order valence-corrected chi connectivity index (χ3v) is 6.66. The van der Waals surface area contributed by atoms with Crippen LogP contribution in [0.5, 0.6) is 0 Å². The summed E-state index contributed by atoms with van der Waals surface area (Å²) in [6.45, 7) is 5.77. The lowest BCUT2D eigenvalue weighted by atomic mass is 10.1. The summed E-state index contributed by atoms with van der Waals surface area (Å²) in [5.41, 5.74) is 0.746. The number of nitrogens with zero attached hydrogens (tertiary/aromatic N) is 1. The molecule has 3 aromatic rings. The number of carbonyl (C=O) groups excluding carboxylic acids is 1. The average Bonchev–Trinajstić information content (AvgIpc) is 2.78. The zero-order valence-corrected chi connectivity index (χ0v) is 20.9. The minimum Gasteiger partial charge on any atom is -0.338 e. The number of allylic oxidation sites excluding steroid dienone is 1. The molecule has 0 aliphatic carbocycles. The number of carbonyl (C=O) groups is 1. The molecule has 3 N–H and O–H groups in total. The van der Waals surface area contributed by atoms with Gasteiger partial charge in [0, 0.05) is 11.9 Å². The number of halogens is 3. The molecule has 0 radical (unpaired) electrons. The first-order valence-corrected chi connectivity index (χ1v) is 12.5. The molecule has 0 fully saturated rings. The summed E-state index contributed by atoms with van der Waals surface area (Å²) in [7, 11) is -3.81. The van der Waals surface area contributed by atoms with E-state index in [1.807, 2.05) is 13.8 Å². The van der Waals surface area contributed by atoms with Gasteiger partial charge in [-0.15, -0.1) is 0 Å². The predicted octanol–water partition coefficient (Wildman–Crippen LogP) is 5.62. The van der Waals surface area contributed by atoms with Crippen molar-refractivity contribution in [1.82, 2.24) is 15.0 Å². The van der Waals surface area contributed by atoms with Gasteiger partial charge in [-0.25, -0.2) is 22.5 Å². The normalized spacial score (nSPS) is 12.0. The van der Waals surface area contributed by atoms with E-state index in [2.05, 4.69) is 20.3 Å². The fraction of sp³-hybridized carbons (Fsp3) is 0.217. The average molecular weight is 525 g/mol. The van der Waals surface area contributed by atoms with E-state index >= 15 is 0 Å². The number of sulfonamides is 1. The molecule has 0 saturated heterocycles. The number of fused-ring (bicyclic) bond motifs is 1. The molecule has 0 aliphatic rings. The zero-order chi connectivity index (χ0) is 25.0. The third-order valence-electron chi connectivity index (χ3n) is 4.66. The van der Waals surface area contributed by atoms with Gasteiger partial charge in [0.2, 0.25) is 10.0 Å². The summed E-state index contributed by atoms with van der Waals surface area (Å²) in [5, 5.41) is 5.94. The first-order chi connectivity index (χ1) is 16.0. The van der Waals surface area contributed by atoms with Gasteiger partial charge in [-0.2, -0.15) is 0 Å². The quantitative estimate of drug-likeness (QED) is 0.355. The van der Waals surface area contributed by atoms with Crippen molar-refractivity contribution in [3.05, 3.63) is 70.1 Å². The molecule has 180 valence electrons. The van der Waals surface area contributed by atoms with Gasteiger partial charge in [0.15, 0.2) is 0 Å². The fourth-order valence-electron chi connectivity index (χ4n) is 3.00. The second-order valence-corrected chi connectivity index (χ2v) is 10.4. The smallest absolute Gasteiger partial charge is 0.256 e. The topological polar surface area (TPSA) is 100 Å². The van der Waals surface area contributed by atoms with E-state index < -0.39 is 21.7 Å². The third kappa shape index (κ3) is 6.04. The lowest BCUT2D eigenvalue weighted by Gasteiger charge is -2.15. The van der Waals surface area contributed by atoms with Crippen molar-refractivity contribution >= 4 is 61.5 Å². The molecule has 2 aromatic carbocycles. The van der Waals surface area contributed by atoms with Gasteiger partial charge in [0.05, 0.1) is 31.7 Å². The molecule has 0 spiro atoms. The predicted molar refractivity (Wildman–Crippen MR) is 134 cm³/mol. The van der Waals surface area contributed by atoms with Crippen LogP contribution >= 0.6 is 23.2 Å². The Balaban J connectivity index is 2.02. The van der Waals surface area contributed by atoms with Crippen molar-refractivity contribution in [3.63, 3.8) is 0 Å². The van der Waals surface area contributed by atoms with Gasteiger partial charge in [0.1, 0.15) is 11.6 Å². The van der Waals surface area contributed by atoms with Crippen LogP contribution < -0.4 is 15.4 Å². The Morgan fingerprint density at radius 2 is 1.82 bits per heavy atom. The highest BCUT2D eigenvalue weighted by Crippen LogP contribution is 2.36. The SMILES string of the molecule is C/C=C\NC(=O)c1cc(Nc2c(Cl)cc(S(=O)(=O)NCC(C)C)cc2Cl)nc2ccc(F)cc12. The van der Waals surface area contributed by atoms with Crippen molar-refractivity contribution in [2.24, 2.45) is 5.92 Å². The highest BCUT2D eigenvalue weighted by Gasteiger charge is 2.20. The molecule has 0 bridgehead atoms. The largest absolute Gasteiger partial charge is 0.338 e. The number of aromatic nitrogens is 1. The van der Waals surface area contributed by atoms with Crippen molar-refractivity contribution in [1.29, 1.82) is 0 Å². The van der Waals surface area contributed by atoms with Crippen molar-refractivity contribution in [2.45, 2.75) is 25.7 Å². The molecule has 11 heteroatoms. The lowest BCUT2D eigenvalue weighted by Crippen LogP contribution is -2.27. The summed E-state index contributed by atoms with van der Waals surface area (Å²) < 4.78 is 41.4. The molecule has 1 aromatic heterocycles. The second-order valence-electron chi connectivity index (χ2n) is 7.82. The number of rotatable bonds is 8. The highest BCUT2D eigenvalue weighted by molar-refractivity contribution is 7.89. The maximum absolute atomic E-state index is 13.8. The molecule has 3 rings (SSSR count). The van der Waals surface area contributed by atoms with Crippen molar-refractivity contribution < 1.29 is 17.6 Å². The maximum atomic E-state index is 13.8. The molecule has 0 saturated carbocycles. The summed E-state index contributed by atoms with van der Waals surface area (Å²) in [6.07, 6.45) is 3.10. The molecule has 34 heavy (non-hydrogen) atoms. The Labute approximate surface area is 207 Å². The number of amides is 1. The number of nitrogens with one attached hydrogen (secondary N) is 3. The van der Waals surface area contributed by atoms with Crippen LogP contribution in [-0.2, 0) is 10.0 Å². The molecule has 7 nitrogen and oxygen atoms in total. The molecule has 0 unspecified atom stereocenters. The summed E-state index contributed by atoms with van der Waals surface area (Å²) >= 11 is 12.7. The number of hydrogen-bond donors (Lipinski definition) is 3. The maximum Gasteiger partial charge on any atom is 0.256 e. The zero-order valence-electron chi connectivity index (χ0n) is 18.6. The van der Waals surface area contributed by atoms with Gasteiger partial charge in [-0.3, -0.25) is 4.79 Å². The Bertz CT molecular complexity index is 1360. The Hall–Kier alpha value is -2.72. The van der Waals surface area contributed by atoms with Gasteiger partial charge in [-0.05, 0) is 55.4 Å². The van der Waals surface area contributed by atoms with E-state index in [4.69, 9.17) is 23.2 Å². The molecule has 1 amide bonds. The monoisotopic (exact) mass is 524 g/mol. The van der Waals surface area contributed by atoms with Crippen LogP contribution in [0.3, 0.4) is 0 Å². The second kappa shape index (κ2) is 10.7. The van der Waals surface area contributed by atoms with Crippen LogP contribution in [0.25, 0.3) is 10.9 Å². The fourth-order valence-corrected chi connectivity index (χ4v) is 4.98. The molecule has 1 heterocycles. The van der Waals surface area contributed by atoms with E-state index in [9.17, 15) is 17.6 Å². The Kier molecular flexibility index (Phi) is 8.14. The Morgan fingerprint density at radius 1 is 1.15 bits per heavy atom. The van der Waals surface area contributed by atoms with Gasteiger partial charge >= 0.3 is 0 Å². The van der Waals surface area contributed by atoms with Crippen LogP contribution in [0.2, 0.25) is 10.0 Å². The van der Waals surface area contributed by atoms with Gasteiger partial charge < -0.3 is 10.6 Å². The first-order valence-electron chi connectivity index (χ1n) is 10.3. The Morgan fingerprint density at radius 3 is 2.44 bits per heavy atom. The lowest BCUT2D eigenvalue weighted by molar-refractivity contribution is 0.0971. The van der Waals surface area contributed by atoms with Crippen LogP contribution in [0.4, 0.5) is 15.9 Å². The standard InChI is InChI=1S/C23H23Cl2FN4O3S/c1-4-7-27-23(31)17-11-21(29-20-6-5-14(26)8-16(17)20)30-22-18(24)9-15(10-19(22)25)34(32,33)28-12-13(2)3/h4-11,13,28H,12H2,1-3H3,(H,27,31)(H,29,30)/b7-4-. The highest BCUT2D eigenvalue weighted by atomic mass is 35.5. The van der Waals surface area contributed by atoms with E-state index in [0.717, 1.165) is 0 Å². The van der Waals surface area contributed by atoms with E-state index in [1.54, 1.807) is 13.0 Å². The van der Waals surface area contributed by atoms with E-state index in [-0.39, 0.29) is 44.5 Å². The van der Waals surface area contributed by atoms with E-state index in [0.29, 0.717) is 10.9 Å². The van der Waals surface area contributed by atoms with Gasteiger partial charge in [0.25, 0.3) is 5.91 Å². The first kappa shape index (κ1) is 25.9. The molecule has 0 atom stereocenters. The molecule has 0 aliphatic heterocycles. The van der Waals surface area contributed by atoms with Crippen molar-refractivity contribution in [2.75, 3.05) is 11.9 Å². The number of pyridine rings is 1. The molecular formula is C23H23Cl2FN4O3S. The van der Waals surface area contributed by atoms with E-state index in [1.165, 1.54) is 42.6 Å². The number of hydrogen-bond acceptors (Lipinski definition) is 5. The van der Waals surface area contributed by atoms with Crippen LogP contribution in [-0.4, -0.2) is 25.9 Å². The van der Waals surface area contributed by atoms with Gasteiger partial charge in [-0.1, -0.05) is 43.1 Å². The minimum absolute atomic E-state index is 0.0401. The van der Waals surface area contributed by atoms with Crippen LogP contribution in [0, 0.1) is 11.7 Å². The summed E-state index contributed by atoms with van der Waals surface area (Å²) in [5.74, 6) is -0.645. The van der Waals surface area contributed by atoms with Crippen LogP contribution in [0.1, 0.15) is 31.1 Å². The number of benzene rings is 2.